The maximum absolute atomic E-state index is 11.0. The van der Waals surface area contributed by atoms with Gasteiger partial charge in [-0.05, 0) is 13.8 Å². The van der Waals surface area contributed by atoms with E-state index in [0.717, 1.165) is 0 Å². The number of hydrogen-bond donors (Lipinski definition) is 0. The molecular formula is C6H12Cl2O3P+. The molecule has 0 saturated heterocycles. The Morgan fingerprint density at radius 2 is 1.50 bits per heavy atom. The molecule has 0 aromatic carbocycles. The predicted octanol–water partition coefficient (Wildman–Crippen LogP) is 2.93. The van der Waals surface area contributed by atoms with Crippen LogP contribution in [-0.4, -0.2) is 24.0 Å². The van der Waals surface area contributed by atoms with Crippen molar-refractivity contribution >= 4 is 31.5 Å². The molecule has 0 amide bonds. The standard InChI is InChI=1S/C6H12Cl2O3P/c1-5(3-7)10-12(9)11-6(2)4-8/h5-6H,3-4H2,1-2H3/q+1. The Kier molecular flexibility index (Phi) is 7.40. The van der Waals surface area contributed by atoms with Crippen LogP contribution >= 0.6 is 31.5 Å². The van der Waals surface area contributed by atoms with E-state index in [0.29, 0.717) is 11.8 Å². The van der Waals surface area contributed by atoms with E-state index in [9.17, 15) is 4.57 Å². The summed E-state index contributed by atoms with van der Waals surface area (Å²) in [5.74, 6) is 0.583. The lowest BCUT2D eigenvalue weighted by Gasteiger charge is -1.99. The lowest BCUT2D eigenvalue weighted by Crippen LogP contribution is -2.09. The van der Waals surface area contributed by atoms with E-state index < -0.39 is 8.25 Å². The zero-order valence-electron chi connectivity index (χ0n) is 7.00. The molecule has 0 aromatic heterocycles. The monoisotopic (exact) mass is 233 g/mol. The van der Waals surface area contributed by atoms with Gasteiger partial charge in [0.15, 0.2) is 0 Å². The summed E-state index contributed by atoms with van der Waals surface area (Å²) in [5.41, 5.74) is 0. The van der Waals surface area contributed by atoms with Crippen molar-refractivity contribution in [3.8, 4) is 0 Å². The SMILES string of the molecule is CC(CCl)O[P+](=O)OC(C)CCl. The molecular weight excluding hydrogens is 222 g/mol. The van der Waals surface area contributed by atoms with E-state index in [1.165, 1.54) is 0 Å². The molecule has 0 aliphatic rings. The number of hydrogen-bond acceptors (Lipinski definition) is 3. The third kappa shape index (κ3) is 6.15. The van der Waals surface area contributed by atoms with E-state index in [-0.39, 0.29) is 12.2 Å². The van der Waals surface area contributed by atoms with Gasteiger partial charge in [0.05, 0.1) is 11.8 Å². The van der Waals surface area contributed by atoms with Crippen molar-refractivity contribution in [2.75, 3.05) is 11.8 Å². The number of rotatable bonds is 6. The summed E-state index contributed by atoms with van der Waals surface area (Å²) in [6.07, 6.45) is -0.532. The highest BCUT2D eigenvalue weighted by atomic mass is 35.5. The van der Waals surface area contributed by atoms with E-state index in [1.807, 2.05) is 0 Å². The molecule has 0 fully saturated rings. The molecule has 2 atom stereocenters. The first-order valence-corrected chi connectivity index (χ1v) is 5.69. The Balaban J connectivity index is 3.59. The van der Waals surface area contributed by atoms with Crippen molar-refractivity contribution < 1.29 is 13.6 Å². The average Bonchev–Trinajstić information content (AvgIpc) is 2.03. The van der Waals surface area contributed by atoms with Gasteiger partial charge in [0.25, 0.3) is 0 Å². The summed E-state index contributed by atoms with van der Waals surface area (Å²) >= 11 is 10.9. The maximum atomic E-state index is 11.0. The van der Waals surface area contributed by atoms with Crippen molar-refractivity contribution in [3.05, 3.63) is 0 Å². The first-order chi connectivity index (χ1) is 5.60. The zero-order valence-corrected chi connectivity index (χ0v) is 9.40. The van der Waals surface area contributed by atoms with Gasteiger partial charge >= 0.3 is 8.25 Å². The summed E-state index contributed by atoms with van der Waals surface area (Å²) in [6, 6.07) is 0. The molecule has 0 bridgehead atoms. The van der Waals surface area contributed by atoms with Crippen molar-refractivity contribution in [1.82, 2.24) is 0 Å². The van der Waals surface area contributed by atoms with Crippen molar-refractivity contribution in [1.29, 1.82) is 0 Å². The minimum Gasteiger partial charge on any atom is -0.124 e. The highest BCUT2D eigenvalue weighted by molar-refractivity contribution is 7.33. The highest BCUT2D eigenvalue weighted by Gasteiger charge is 2.27. The molecule has 0 aliphatic carbocycles. The number of alkyl halides is 2. The average molecular weight is 234 g/mol. The molecule has 3 nitrogen and oxygen atoms in total. The second-order valence-corrected chi connectivity index (χ2v) is 3.85. The predicted molar refractivity (Wildman–Crippen MR) is 50.1 cm³/mol. The molecule has 0 rings (SSSR count). The zero-order chi connectivity index (χ0) is 9.56. The van der Waals surface area contributed by atoms with Crippen LogP contribution in [0, 0.1) is 0 Å². The Morgan fingerprint density at radius 1 is 1.17 bits per heavy atom. The van der Waals surface area contributed by atoms with Gasteiger partial charge < -0.3 is 0 Å². The van der Waals surface area contributed by atoms with Crippen molar-refractivity contribution in [3.63, 3.8) is 0 Å². The first kappa shape index (κ1) is 12.6. The van der Waals surface area contributed by atoms with Gasteiger partial charge in [-0.1, -0.05) is 0 Å². The van der Waals surface area contributed by atoms with Crippen LogP contribution in [0.3, 0.4) is 0 Å². The van der Waals surface area contributed by atoms with Gasteiger partial charge in [0, 0.05) is 4.57 Å². The van der Waals surface area contributed by atoms with Gasteiger partial charge in [-0.25, -0.2) is 0 Å². The molecule has 0 radical (unpaired) electrons. The third-order valence-corrected chi connectivity index (χ3v) is 2.90. The Labute approximate surface area is 83.3 Å². The third-order valence-electron chi connectivity index (χ3n) is 0.967. The van der Waals surface area contributed by atoms with Crippen LogP contribution < -0.4 is 0 Å². The summed E-state index contributed by atoms with van der Waals surface area (Å²) in [5, 5.41) is 0. The van der Waals surface area contributed by atoms with E-state index in [1.54, 1.807) is 13.8 Å². The highest BCUT2D eigenvalue weighted by Crippen LogP contribution is 2.28. The molecule has 0 heterocycles. The molecule has 2 unspecified atom stereocenters. The van der Waals surface area contributed by atoms with Crippen LogP contribution in [0.2, 0.25) is 0 Å². The quantitative estimate of drug-likeness (QED) is 0.523. The smallest absolute Gasteiger partial charge is 0.124 e. The van der Waals surface area contributed by atoms with Crippen LogP contribution in [0.5, 0.6) is 0 Å². The number of halogens is 2. The molecule has 0 aromatic rings. The lowest BCUT2D eigenvalue weighted by atomic mass is 10.5. The van der Waals surface area contributed by atoms with Crippen LogP contribution in [0.4, 0.5) is 0 Å². The van der Waals surface area contributed by atoms with Gasteiger partial charge in [0.1, 0.15) is 12.2 Å². The molecule has 0 aliphatic heterocycles. The summed E-state index contributed by atoms with van der Waals surface area (Å²) < 4.78 is 20.7. The lowest BCUT2D eigenvalue weighted by molar-refractivity contribution is 0.163. The minimum absolute atomic E-state index is 0.266. The molecule has 12 heavy (non-hydrogen) atoms. The fourth-order valence-electron chi connectivity index (χ4n) is 0.375. The molecule has 0 N–H and O–H groups in total. The topological polar surface area (TPSA) is 35.5 Å². The van der Waals surface area contributed by atoms with Gasteiger partial charge in [0.2, 0.25) is 0 Å². The molecule has 0 spiro atoms. The van der Waals surface area contributed by atoms with Gasteiger partial charge in [-0.2, -0.15) is 0 Å². The Morgan fingerprint density at radius 3 is 1.75 bits per heavy atom. The fourth-order valence-corrected chi connectivity index (χ4v) is 1.46. The summed E-state index contributed by atoms with van der Waals surface area (Å²) in [6.45, 7) is 3.43. The van der Waals surface area contributed by atoms with Crippen molar-refractivity contribution in [2.24, 2.45) is 0 Å². The Bertz CT molecular complexity index is 131. The van der Waals surface area contributed by atoms with E-state index >= 15 is 0 Å². The Hall–Kier alpha value is 0.600. The molecule has 0 saturated carbocycles. The van der Waals surface area contributed by atoms with Gasteiger partial charge in [-0.15, -0.1) is 32.2 Å². The molecule has 72 valence electrons. The summed E-state index contributed by atoms with van der Waals surface area (Å²) in [4.78, 5) is 0. The van der Waals surface area contributed by atoms with Crippen LogP contribution in [0.15, 0.2) is 0 Å². The maximum Gasteiger partial charge on any atom is 0.698 e. The second kappa shape index (κ2) is 7.05. The minimum atomic E-state index is -2.09. The van der Waals surface area contributed by atoms with E-state index in [4.69, 9.17) is 32.2 Å². The normalized spacial score (nSPS) is 17.2. The first-order valence-electron chi connectivity index (χ1n) is 3.52. The van der Waals surface area contributed by atoms with E-state index in [2.05, 4.69) is 0 Å². The van der Waals surface area contributed by atoms with Crippen LogP contribution in [0.1, 0.15) is 13.8 Å². The molecule has 6 heteroatoms. The fraction of sp³-hybridized carbons (Fsp3) is 1.00. The van der Waals surface area contributed by atoms with Gasteiger partial charge in [-0.3, -0.25) is 0 Å². The largest absolute Gasteiger partial charge is 0.698 e. The second-order valence-electron chi connectivity index (χ2n) is 2.36. The van der Waals surface area contributed by atoms with Crippen LogP contribution in [0.25, 0.3) is 0 Å². The van der Waals surface area contributed by atoms with Crippen molar-refractivity contribution in [2.45, 2.75) is 26.1 Å². The summed E-state index contributed by atoms with van der Waals surface area (Å²) in [7, 11) is -2.09. The van der Waals surface area contributed by atoms with Crippen LogP contribution in [-0.2, 0) is 13.6 Å².